The highest BCUT2D eigenvalue weighted by Gasteiger charge is 2.36. The van der Waals surface area contributed by atoms with Gasteiger partial charge in [0, 0.05) is 37.8 Å². The molecule has 6 rings (SSSR count). The second-order valence-electron chi connectivity index (χ2n) is 8.41. The molecular weight excluding hydrogens is 376 g/mol. The fourth-order valence-corrected chi connectivity index (χ4v) is 4.78. The van der Waals surface area contributed by atoms with Crippen LogP contribution in [0.1, 0.15) is 34.6 Å². The van der Waals surface area contributed by atoms with Gasteiger partial charge in [0.25, 0.3) is 5.91 Å². The largest absolute Gasteiger partial charge is 0.337 e. The minimum atomic E-state index is 0.0982. The van der Waals surface area contributed by atoms with Crippen molar-refractivity contribution in [3.05, 3.63) is 71.5 Å². The normalized spacial score (nSPS) is 21.6. The summed E-state index contributed by atoms with van der Waals surface area (Å²) in [5.41, 5.74) is 2.84. The van der Waals surface area contributed by atoms with Crippen LogP contribution in [0.25, 0.3) is 5.69 Å². The molecule has 3 saturated heterocycles. The van der Waals surface area contributed by atoms with Crippen LogP contribution in [0.5, 0.6) is 0 Å². The van der Waals surface area contributed by atoms with Crippen molar-refractivity contribution in [2.24, 2.45) is 5.92 Å². The summed E-state index contributed by atoms with van der Waals surface area (Å²) in [5.74, 6) is 1.33. The van der Waals surface area contributed by atoms with Crippen molar-refractivity contribution in [3.63, 3.8) is 0 Å². The van der Waals surface area contributed by atoms with Gasteiger partial charge < -0.3 is 4.90 Å². The predicted molar refractivity (Wildman–Crippen MR) is 113 cm³/mol. The Morgan fingerprint density at radius 1 is 1.03 bits per heavy atom. The lowest BCUT2D eigenvalue weighted by molar-refractivity contribution is 0.0736. The molecule has 0 N–H and O–H groups in total. The van der Waals surface area contributed by atoms with Gasteiger partial charge in [0.05, 0.1) is 5.69 Å². The van der Waals surface area contributed by atoms with E-state index in [9.17, 15) is 4.79 Å². The van der Waals surface area contributed by atoms with Gasteiger partial charge >= 0.3 is 0 Å². The highest BCUT2D eigenvalue weighted by molar-refractivity contribution is 5.94. The lowest BCUT2D eigenvalue weighted by atomic mass is 9.94. The first-order chi connectivity index (χ1) is 14.7. The molecule has 2 aromatic carbocycles. The monoisotopic (exact) mass is 402 g/mol. The number of aromatic nitrogens is 4. The number of fused-ring (bicyclic) bond motifs is 4. The van der Waals surface area contributed by atoms with Crippen LogP contribution in [0.2, 0.25) is 0 Å². The first kappa shape index (κ1) is 18.9. The van der Waals surface area contributed by atoms with Gasteiger partial charge in [-0.3, -0.25) is 9.69 Å². The van der Waals surface area contributed by atoms with Gasteiger partial charge in [-0.05, 0) is 59.9 Å². The molecular formula is C23H26N6O. The average molecular weight is 403 g/mol. The number of carbonyl (C=O) groups excluding carboxylic acids is 1. The molecule has 0 saturated carbocycles. The quantitative estimate of drug-likeness (QED) is 0.671. The van der Waals surface area contributed by atoms with Crippen LogP contribution in [-0.4, -0.2) is 61.6 Å². The van der Waals surface area contributed by atoms with Gasteiger partial charge in [-0.25, -0.2) is 0 Å². The number of rotatable bonds is 4. The predicted octanol–water partition coefficient (Wildman–Crippen LogP) is 2.71. The van der Waals surface area contributed by atoms with E-state index in [0.29, 0.717) is 23.3 Å². The number of amides is 1. The van der Waals surface area contributed by atoms with Crippen LogP contribution in [0, 0.1) is 12.8 Å². The van der Waals surface area contributed by atoms with E-state index in [4.69, 9.17) is 0 Å². The fourth-order valence-electron chi connectivity index (χ4n) is 4.78. The highest BCUT2D eigenvalue weighted by atomic mass is 16.2. The highest BCUT2D eigenvalue weighted by Crippen LogP contribution is 2.30. The van der Waals surface area contributed by atoms with Gasteiger partial charge in [0.1, 0.15) is 0 Å². The van der Waals surface area contributed by atoms with Crippen LogP contribution in [-0.2, 0) is 6.54 Å². The number of benzene rings is 2. The fraction of sp³-hybridized carbons (Fsp3) is 0.391. The third-order valence-electron chi connectivity index (χ3n) is 6.31. The van der Waals surface area contributed by atoms with E-state index in [-0.39, 0.29) is 5.91 Å². The molecule has 3 aliphatic rings. The summed E-state index contributed by atoms with van der Waals surface area (Å²) in [6.45, 7) is 5.48. The zero-order chi connectivity index (χ0) is 20.5. The van der Waals surface area contributed by atoms with Crippen molar-refractivity contribution in [2.45, 2.75) is 32.4 Å². The zero-order valence-electron chi connectivity index (χ0n) is 17.2. The summed E-state index contributed by atoms with van der Waals surface area (Å²) in [7, 11) is 0. The number of hydrogen-bond acceptors (Lipinski definition) is 5. The Balaban J connectivity index is 1.34. The number of tetrazole rings is 1. The van der Waals surface area contributed by atoms with Crippen LogP contribution in [0.4, 0.5) is 0 Å². The standard InChI is InChI=1S/C23H26N6O/c1-17-24-25-26-29(17)21-9-5-8-20(12-21)23(30)28-15-19-10-11-22(16-28)27(14-19)13-18-6-3-2-4-7-18/h2-9,12,19,22H,10-11,13-16H2,1H3/t19-,22-/m1/s1. The maximum atomic E-state index is 13.4. The molecule has 154 valence electrons. The van der Waals surface area contributed by atoms with Gasteiger partial charge in [-0.15, -0.1) is 5.10 Å². The third kappa shape index (κ3) is 3.73. The summed E-state index contributed by atoms with van der Waals surface area (Å²) < 4.78 is 1.66. The molecule has 7 nitrogen and oxygen atoms in total. The Morgan fingerprint density at radius 2 is 1.90 bits per heavy atom. The molecule has 0 unspecified atom stereocenters. The van der Waals surface area contributed by atoms with Crippen LogP contribution >= 0.6 is 0 Å². The number of nitrogens with zero attached hydrogens (tertiary/aromatic N) is 6. The molecule has 3 aliphatic heterocycles. The van der Waals surface area contributed by atoms with E-state index >= 15 is 0 Å². The molecule has 2 atom stereocenters. The van der Waals surface area contributed by atoms with Crippen molar-refractivity contribution < 1.29 is 4.79 Å². The average Bonchev–Trinajstić information content (AvgIpc) is 3.00. The van der Waals surface area contributed by atoms with E-state index < -0.39 is 0 Å². The Morgan fingerprint density at radius 3 is 2.70 bits per heavy atom. The van der Waals surface area contributed by atoms with Crippen molar-refractivity contribution in [1.82, 2.24) is 30.0 Å². The molecule has 3 aromatic rings. The second kappa shape index (κ2) is 7.99. The summed E-state index contributed by atoms with van der Waals surface area (Å²) in [6.07, 6.45) is 2.36. The van der Waals surface area contributed by atoms with Crippen molar-refractivity contribution >= 4 is 5.91 Å². The number of hydrogen-bond donors (Lipinski definition) is 0. The van der Waals surface area contributed by atoms with Gasteiger partial charge in [0.2, 0.25) is 0 Å². The van der Waals surface area contributed by atoms with E-state index in [1.807, 2.05) is 31.2 Å². The minimum Gasteiger partial charge on any atom is -0.337 e. The third-order valence-corrected chi connectivity index (χ3v) is 6.31. The van der Waals surface area contributed by atoms with Crippen LogP contribution in [0.3, 0.4) is 0 Å². The molecule has 2 bridgehead atoms. The molecule has 3 fully saturated rings. The van der Waals surface area contributed by atoms with E-state index in [1.165, 1.54) is 12.0 Å². The Hall–Kier alpha value is -3.06. The molecule has 4 heterocycles. The first-order valence-corrected chi connectivity index (χ1v) is 10.6. The second-order valence-corrected chi connectivity index (χ2v) is 8.41. The minimum absolute atomic E-state index is 0.0982. The molecule has 1 aromatic heterocycles. The maximum Gasteiger partial charge on any atom is 0.253 e. The van der Waals surface area contributed by atoms with E-state index in [0.717, 1.165) is 38.3 Å². The Labute approximate surface area is 176 Å². The summed E-state index contributed by atoms with van der Waals surface area (Å²) in [5, 5.41) is 11.7. The lowest BCUT2D eigenvalue weighted by Crippen LogP contribution is -2.43. The lowest BCUT2D eigenvalue weighted by Gasteiger charge is -2.36. The van der Waals surface area contributed by atoms with Gasteiger partial charge in [-0.1, -0.05) is 36.4 Å². The molecule has 0 spiro atoms. The Bertz CT molecular complexity index is 1030. The smallest absolute Gasteiger partial charge is 0.253 e. The van der Waals surface area contributed by atoms with Crippen LogP contribution in [0.15, 0.2) is 54.6 Å². The first-order valence-electron chi connectivity index (χ1n) is 10.6. The van der Waals surface area contributed by atoms with E-state index in [2.05, 4.69) is 55.7 Å². The van der Waals surface area contributed by atoms with Crippen LogP contribution < -0.4 is 0 Å². The summed E-state index contributed by atoms with van der Waals surface area (Å²) in [6, 6.07) is 18.6. The molecule has 0 aliphatic carbocycles. The maximum absolute atomic E-state index is 13.4. The van der Waals surface area contributed by atoms with E-state index in [1.54, 1.807) is 4.68 Å². The molecule has 0 radical (unpaired) electrons. The number of carbonyl (C=O) groups is 1. The van der Waals surface area contributed by atoms with Crippen molar-refractivity contribution in [2.75, 3.05) is 19.6 Å². The SMILES string of the molecule is Cc1nnnn1-c1cccc(C(=O)N2C[C@@H]3CC[C@H](C2)N(Cc2ccccc2)C3)c1. The van der Waals surface area contributed by atoms with Crippen molar-refractivity contribution in [3.8, 4) is 5.69 Å². The topological polar surface area (TPSA) is 67.2 Å². The number of aryl methyl sites for hydroxylation is 1. The Kier molecular flexibility index (Phi) is 5.04. The van der Waals surface area contributed by atoms with Crippen molar-refractivity contribution in [1.29, 1.82) is 0 Å². The summed E-state index contributed by atoms with van der Waals surface area (Å²) >= 11 is 0. The molecule has 7 heteroatoms. The molecule has 1 amide bonds. The summed E-state index contributed by atoms with van der Waals surface area (Å²) in [4.78, 5) is 18.0. The van der Waals surface area contributed by atoms with Gasteiger partial charge in [0.15, 0.2) is 5.82 Å². The zero-order valence-corrected chi connectivity index (χ0v) is 17.2. The van der Waals surface area contributed by atoms with Gasteiger partial charge in [-0.2, -0.15) is 4.68 Å². The number of piperidine rings is 1. The molecule has 30 heavy (non-hydrogen) atoms.